The van der Waals surface area contributed by atoms with Crippen LogP contribution in [0.3, 0.4) is 0 Å². The summed E-state index contributed by atoms with van der Waals surface area (Å²) in [6, 6.07) is 4.24. The zero-order chi connectivity index (χ0) is 17.0. The molecule has 0 aromatic heterocycles. The Hall–Kier alpha value is -1.82. The molecule has 3 atom stereocenters. The van der Waals surface area contributed by atoms with E-state index in [1.165, 1.54) is 24.6 Å². The van der Waals surface area contributed by atoms with Gasteiger partial charge in [0.2, 0.25) is 0 Å². The van der Waals surface area contributed by atoms with Gasteiger partial charge in [0.05, 0.1) is 4.92 Å². The highest BCUT2D eigenvalue weighted by Gasteiger charge is 2.28. The number of nitro benzene ring substituents is 1. The normalized spacial score (nSPS) is 24.0. The molecule has 23 heavy (non-hydrogen) atoms. The summed E-state index contributed by atoms with van der Waals surface area (Å²) in [5, 5.41) is 14.2. The first-order chi connectivity index (χ1) is 10.9. The van der Waals surface area contributed by atoms with Crippen LogP contribution in [0.5, 0.6) is 5.75 Å². The number of halogens is 1. The highest BCUT2D eigenvalue weighted by Crippen LogP contribution is 2.31. The van der Waals surface area contributed by atoms with Crippen molar-refractivity contribution in [3.8, 4) is 5.75 Å². The van der Waals surface area contributed by atoms with Crippen LogP contribution in [0.4, 0.5) is 5.69 Å². The van der Waals surface area contributed by atoms with Crippen molar-refractivity contribution >= 4 is 23.2 Å². The van der Waals surface area contributed by atoms with Crippen molar-refractivity contribution in [2.45, 2.75) is 39.2 Å². The van der Waals surface area contributed by atoms with E-state index in [1.807, 2.05) is 0 Å². The molecule has 0 bridgehead atoms. The van der Waals surface area contributed by atoms with Gasteiger partial charge in [-0.1, -0.05) is 38.3 Å². The molecular weight excluding hydrogens is 320 g/mol. The average Bonchev–Trinajstić information content (AvgIpc) is 2.50. The number of amides is 1. The number of hydrogen-bond donors (Lipinski definition) is 1. The van der Waals surface area contributed by atoms with E-state index in [0.717, 1.165) is 12.8 Å². The van der Waals surface area contributed by atoms with Crippen molar-refractivity contribution in [2.75, 3.05) is 6.61 Å². The molecule has 7 heteroatoms. The molecule has 1 saturated carbocycles. The fourth-order valence-electron chi connectivity index (χ4n) is 2.93. The van der Waals surface area contributed by atoms with E-state index in [0.29, 0.717) is 11.8 Å². The highest BCUT2D eigenvalue weighted by atomic mass is 35.5. The van der Waals surface area contributed by atoms with E-state index in [1.54, 1.807) is 0 Å². The van der Waals surface area contributed by atoms with E-state index >= 15 is 0 Å². The first kappa shape index (κ1) is 17.5. The van der Waals surface area contributed by atoms with E-state index in [9.17, 15) is 14.9 Å². The number of carbonyl (C=O) groups is 1. The van der Waals surface area contributed by atoms with Gasteiger partial charge in [-0.25, -0.2) is 0 Å². The average molecular weight is 341 g/mol. The number of hydrogen-bond acceptors (Lipinski definition) is 4. The third kappa shape index (κ3) is 4.58. The summed E-state index contributed by atoms with van der Waals surface area (Å²) in [6.07, 6.45) is 3.24. The zero-order valence-electron chi connectivity index (χ0n) is 13.3. The highest BCUT2D eigenvalue weighted by molar-refractivity contribution is 6.30. The SMILES string of the molecule is C[C@@H]1[C@H](C)CCC[C@H]1NC(=O)COc1ccc(Cl)cc1[N+](=O)[O-]. The predicted molar refractivity (Wildman–Crippen MR) is 87.7 cm³/mol. The molecule has 2 rings (SSSR count). The van der Waals surface area contributed by atoms with Crippen LogP contribution in [0.2, 0.25) is 5.02 Å². The summed E-state index contributed by atoms with van der Waals surface area (Å²) in [5.74, 6) is 0.768. The van der Waals surface area contributed by atoms with Gasteiger partial charge in [-0.15, -0.1) is 0 Å². The maximum Gasteiger partial charge on any atom is 0.312 e. The second kappa shape index (κ2) is 7.64. The molecule has 0 heterocycles. The molecule has 0 spiro atoms. The van der Waals surface area contributed by atoms with Crippen molar-refractivity contribution in [1.29, 1.82) is 0 Å². The van der Waals surface area contributed by atoms with Crippen LogP contribution in [0.15, 0.2) is 18.2 Å². The minimum Gasteiger partial charge on any atom is -0.477 e. The fourth-order valence-corrected chi connectivity index (χ4v) is 3.10. The smallest absolute Gasteiger partial charge is 0.312 e. The van der Waals surface area contributed by atoms with Gasteiger partial charge in [0.1, 0.15) is 0 Å². The quantitative estimate of drug-likeness (QED) is 0.656. The van der Waals surface area contributed by atoms with Gasteiger partial charge < -0.3 is 10.1 Å². The van der Waals surface area contributed by atoms with Crippen LogP contribution in [0, 0.1) is 22.0 Å². The Bertz CT molecular complexity index is 593. The van der Waals surface area contributed by atoms with Gasteiger partial charge in [0.25, 0.3) is 5.91 Å². The Morgan fingerprint density at radius 1 is 1.43 bits per heavy atom. The molecule has 1 aliphatic rings. The first-order valence-electron chi connectivity index (χ1n) is 7.74. The summed E-state index contributed by atoms with van der Waals surface area (Å²) >= 11 is 5.74. The number of nitrogens with zero attached hydrogens (tertiary/aromatic N) is 1. The van der Waals surface area contributed by atoms with E-state index in [-0.39, 0.29) is 35.0 Å². The van der Waals surface area contributed by atoms with Crippen LogP contribution in [-0.2, 0) is 4.79 Å². The summed E-state index contributed by atoms with van der Waals surface area (Å²) in [6.45, 7) is 4.08. The molecule has 0 saturated heterocycles. The zero-order valence-corrected chi connectivity index (χ0v) is 14.0. The van der Waals surface area contributed by atoms with Crippen LogP contribution >= 0.6 is 11.6 Å². The Morgan fingerprint density at radius 2 is 2.17 bits per heavy atom. The molecule has 1 N–H and O–H groups in total. The van der Waals surface area contributed by atoms with Crippen LogP contribution in [0.1, 0.15) is 33.1 Å². The molecule has 1 aliphatic carbocycles. The van der Waals surface area contributed by atoms with Gasteiger partial charge in [0, 0.05) is 17.1 Å². The maximum absolute atomic E-state index is 12.1. The molecule has 126 valence electrons. The van der Waals surface area contributed by atoms with Gasteiger partial charge in [-0.3, -0.25) is 14.9 Å². The van der Waals surface area contributed by atoms with Gasteiger partial charge >= 0.3 is 5.69 Å². The Morgan fingerprint density at radius 3 is 2.87 bits per heavy atom. The lowest BCUT2D eigenvalue weighted by molar-refractivity contribution is -0.385. The maximum atomic E-state index is 12.1. The third-order valence-corrected chi connectivity index (χ3v) is 4.76. The lowest BCUT2D eigenvalue weighted by Crippen LogP contribution is -2.45. The topological polar surface area (TPSA) is 81.5 Å². The minimum absolute atomic E-state index is 0.0413. The number of nitrogens with one attached hydrogen (secondary N) is 1. The Balaban J connectivity index is 1.93. The lowest BCUT2D eigenvalue weighted by Gasteiger charge is -2.34. The molecule has 1 aromatic rings. The summed E-state index contributed by atoms with van der Waals surface area (Å²) in [5.41, 5.74) is -0.245. The van der Waals surface area contributed by atoms with Crippen LogP contribution in [-0.4, -0.2) is 23.5 Å². The van der Waals surface area contributed by atoms with Crippen molar-refractivity contribution < 1.29 is 14.5 Å². The van der Waals surface area contributed by atoms with Gasteiger partial charge in [-0.2, -0.15) is 0 Å². The largest absolute Gasteiger partial charge is 0.477 e. The molecule has 0 unspecified atom stereocenters. The van der Waals surface area contributed by atoms with Crippen molar-refractivity contribution in [3.63, 3.8) is 0 Å². The summed E-state index contributed by atoms with van der Waals surface area (Å²) < 4.78 is 5.31. The van der Waals surface area contributed by atoms with Crippen LogP contribution < -0.4 is 10.1 Å². The molecular formula is C16H21ClN2O4. The Kier molecular flexibility index (Phi) is 5.82. The molecule has 1 fully saturated rings. The fraction of sp³-hybridized carbons (Fsp3) is 0.562. The lowest BCUT2D eigenvalue weighted by atomic mass is 9.78. The molecule has 6 nitrogen and oxygen atoms in total. The van der Waals surface area contributed by atoms with Crippen molar-refractivity contribution in [1.82, 2.24) is 5.32 Å². The van der Waals surface area contributed by atoms with E-state index < -0.39 is 4.92 Å². The van der Waals surface area contributed by atoms with E-state index in [4.69, 9.17) is 16.3 Å². The number of ether oxygens (including phenoxy) is 1. The molecule has 0 radical (unpaired) electrons. The third-order valence-electron chi connectivity index (χ3n) is 4.53. The number of carbonyl (C=O) groups excluding carboxylic acids is 1. The van der Waals surface area contributed by atoms with Gasteiger partial charge in [0.15, 0.2) is 12.4 Å². The van der Waals surface area contributed by atoms with E-state index in [2.05, 4.69) is 19.2 Å². The second-order valence-electron chi connectivity index (χ2n) is 6.10. The molecule has 1 aromatic carbocycles. The number of benzene rings is 1. The molecule has 1 amide bonds. The minimum atomic E-state index is -0.579. The second-order valence-corrected chi connectivity index (χ2v) is 6.54. The first-order valence-corrected chi connectivity index (χ1v) is 8.12. The monoisotopic (exact) mass is 340 g/mol. The van der Waals surface area contributed by atoms with Crippen LogP contribution in [0.25, 0.3) is 0 Å². The summed E-state index contributed by atoms with van der Waals surface area (Å²) in [4.78, 5) is 22.5. The standard InChI is InChI=1S/C16H21ClN2O4/c1-10-4-3-5-13(11(10)2)18-16(20)9-23-15-7-6-12(17)8-14(15)19(21)22/h6-8,10-11,13H,3-5,9H2,1-2H3,(H,18,20)/t10-,11-,13-/m1/s1. The van der Waals surface area contributed by atoms with Gasteiger partial charge in [-0.05, 0) is 30.4 Å². The summed E-state index contributed by atoms with van der Waals surface area (Å²) in [7, 11) is 0. The molecule has 0 aliphatic heterocycles. The van der Waals surface area contributed by atoms with Crippen molar-refractivity contribution in [3.05, 3.63) is 33.3 Å². The number of rotatable bonds is 5. The number of nitro groups is 1. The Labute approximate surface area is 140 Å². The predicted octanol–water partition coefficient (Wildman–Crippen LogP) is 3.57. The van der Waals surface area contributed by atoms with Crippen molar-refractivity contribution in [2.24, 2.45) is 11.8 Å².